The first-order chi connectivity index (χ1) is 12.5. The molecule has 2 aromatic carbocycles. The molecule has 0 aliphatic rings. The minimum absolute atomic E-state index is 0.0132. The average molecular weight is 409 g/mol. The van der Waals surface area contributed by atoms with Crippen molar-refractivity contribution in [3.63, 3.8) is 0 Å². The van der Waals surface area contributed by atoms with Gasteiger partial charge in [-0.2, -0.15) is 0 Å². The summed E-state index contributed by atoms with van der Waals surface area (Å²) in [4.78, 5) is 26.9. The Balaban J connectivity index is 1.72. The van der Waals surface area contributed by atoms with Gasteiger partial charge >= 0.3 is 0 Å². The molecule has 0 fully saturated rings. The maximum absolute atomic E-state index is 12.3. The van der Waals surface area contributed by atoms with Crippen molar-refractivity contribution in [1.29, 1.82) is 0 Å². The monoisotopic (exact) mass is 408 g/mol. The number of ketones is 1. The molecule has 0 amide bonds. The largest absolute Gasteiger partial charge is 0.293 e. The van der Waals surface area contributed by atoms with E-state index in [4.69, 9.17) is 23.2 Å². The zero-order valence-corrected chi connectivity index (χ0v) is 15.3. The molecule has 0 unspecified atom stereocenters. The number of hydrogen-bond acceptors (Lipinski definition) is 6. The molecular weight excluding hydrogens is 399 g/mol. The second kappa shape index (κ2) is 7.86. The summed E-state index contributed by atoms with van der Waals surface area (Å²) in [5.74, 6) is 0.118. The number of H-pyrrole nitrogens is 1. The number of non-ortho nitro benzene ring substituents is 1. The van der Waals surface area contributed by atoms with E-state index in [1.165, 1.54) is 18.2 Å². The van der Waals surface area contributed by atoms with Gasteiger partial charge in [-0.05, 0) is 18.2 Å². The first-order valence-corrected chi connectivity index (χ1v) is 8.97. The SMILES string of the molecule is O=C(CSc1n[nH]c(-c2ccccc2Cl)n1)c1cc([N+](=O)[O-])ccc1Cl. The van der Waals surface area contributed by atoms with Crippen molar-refractivity contribution in [2.45, 2.75) is 5.16 Å². The molecule has 1 aromatic heterocycles. The third-order valence-electron chi connectivity index (χ3n) is 3.39. The van der Waals surface area contributed by atoms with Gasteiger partial charge in [0.1, 0.15) is 0 Å². The van der Waals surface area contributed by atoms with Crippen LogP contribution in [0.4, 0.5) is 5.69 Å². The lowest BCUT2D eigenvalue weighted by atomic mass is 10.1. The number of rotatable bonds is 6. The Hall–Kier alpha value is -2.42. The summed E-state index contributed by atoms with van der Waals surface area (Å²) in [6, 6.07) is 10.9. The topological polar surface area (TPSA) is 102 Å². The molecule has 0 saturated heterocycles. The number of Topliss-reactive ketones (excluding diaryl/α,β-unsaturated/α-hetero) is 1. The van der Waals surface area contributed by atoms with Gasteiger partial charge in [0.2, 0.25) is 5.16 Å². The number of nitrogens with zero attached hydrogens (tertiary/aromatic N) is 3. The van der Waals surface area contributed by atoms with Crippen LogP contribution in [0.2, 0.25) is 10.0 Å². The van der Waals surface area contributed by atoms with Crippen molar-refractivity contribution >= 4 is 46.4 Å². The van der Waals surface area contributed by atoms with Crippen molar-refractivity contribution in [3.05, 3.63) is 68.2 Å². The van der Waals surface area contributed by atoms with Crippen LogP contribution >= 0.6 is 35.0 Å². The van der Waals surface area contributed by atoms with Crippen LogP contribution < -0.4 is 0 Å². The molecule has 7 nitrogen and oxygen atoms in total. The number of nitrogens with one attached hydrogen (secondary N) is 1. The highest BCUT2D eigenvalue weighted by Gasteiger charge is 2.17. The van der Waals surface area contributed by atoms with Crippen molar-refractivity contribution in [2.75, 3.05) is 5.75 Å². The number of nitro benzene ring substituents is 1. The zero-order valence-electron chi connectivity index (χ0n) is 13.0. The maximum Gasteiger partial charge on any atom is 0.270 e. The van der Waals surface area contributed by atoms with Gasteiger partial charge in [0, 0.05) is 23.3 Å². The molecule has 0 atom stereocenters. The summed E-state index contributed by atoms with van der Waals surface area (Å²) in [6.45, 7) is 0. The minimum Gasteiger partial charge on any atom is -0.293 e. The van der Waals surface area contributed by atoms with E-state index in [2.05, 4.69) is 15.2 Å². The second-order valence-electron chi connectivity index (χ2n) is 5.08. The standard InChI is InChI=1S/C16H10Cl2N4O3S/c17-12-4-2-1-3-10(12)15-19-16(21-20-15)26-8-14(23)11-7-9(22(24)25)5-6-13(11)18/h1-7H,8H2,(H,19,20,21). The third kappa shape index (κ3) is 4.04. The Morgan fingerprint density at radius 3 is 2.69 bits per heavy atom. The number of hydrogen-bond donors (Lipinski definition) is 1. The van der Waals surface area contributed by atoms with E-state index in [1.54, 1.807) is 18.2 Å². The number of halogens is 2. The fraction of sp³-hybridized carbons (Fsp3) is 0.0625. The van der Waals surface area contributed by atoms with Crippen LogP contribution in [0.5, 0.6) is 0 Å². The van der Waals surface area contributed by atoms with E-state index < -0.39 is 4.92 Å². The summed E-state index contributed by atoms with van der Waals surface area (Å²) in [6.07, 6.45) is 0. The van der Waals surface area contributed by atoms with E-state index in [0.717, 1.165) is 11.8 Å². The van der Waals surface area contributed by atoms with Crippen molar-refractivity contribution in [3.8, 4) is 11.4 Å². The number of thioether (sulfide) groups is 1. The van der Waals surface area contributed by atoms with Gasteiger partial charge in [-0.15, -0.1) is 5.10 Å². The van der Waals surface area contributed by atoms with E-state index in [0.29, 0.717) is 21.6 Å². The second-order valence-corrected chi connectivity index (χ2v) is 6.84. The number of carbonyl (C=O) groups excluding carboxylic acids is 1. The first kappa shape index (κ1) is 18.4. The molecule has 3 rings (SSSR count). The number of carbonyl (C=O) groups is 1. The highest BCUT2D eigenvalue weighted by Crippen LogP contribution is 2.27. The molecule has 26 heavy (non-hydrogen) atoms. The minimum atomic E-state index is -0.578. The van der Waals surface area contributed by atoms with Crippen LogP contribution in [0.25, 0.3) is 11.4 Å². The van der Waals surface area contributed by atoms with Crippen molar-refractivity contribution < 1.29 is 9.72 Å². The number of aromatic amines is 1. The lowest BCUT2D eigenvalue weighted by Gasteiger charge is -2.02. The lowest BCUT2D eigenvalue weighted by molar-refractivity contribution is -0.384. The predicted molar refractivity (Wildman–Crippen MR) is 100.0 cm³/mol. The predicted octanol–water partition coefficient (Wildman–Crippen LogP) is 4.66. The fourth-order valence-electron chi connectivity index (χ4n) is 2.13. The quantitative estimate of drug-likeness (QED) is 0.275. The Bertz CT molecular complexity index is 993. The summed E-state index contributed by atoms with van der Waals surface area (Å²) >= 11 is 13.2. The van der Waals surface area contributed by atoms with E-state index in [9.17, 15) is 14.9 Å². The summed E-state index contributed by atoms with van der Waals surface area (Å²) in [5.41, 5.74) is 0.596. The molecule has 3 aromatic rings. The van der Waals surface area contributed by atoms with E-state index in [1.807, 2.05) is 6.07 Å². The number of benzene rings is 2. The summed E-state index contributed by atoms with van der Waals surface area (Å²) in [7, 11) is 0. The summed E-state index contributed by atoms with van der Waals surface area (Å²) in [5, 5.41) is 18.7. The van der Waals surface area contributed by atoms with Gasteiger partial charge in [0.15, 0.2) is 11.6 Å². The fourth-order valence-corrected chi connectivity index (χ4v) is 3.26. The van der Waals surface area contributed by atoms with Crippen LogP contribution in [0.3, 0.4) is 0 Å². The van der Waals surface area contributed by atoms with Gasteiger partial charge in [-0.1, -0.05) is 47.1 Å². The lowest BCUT2D eigenvalue weighted by Crippen LogP contribution is -2.04. The molecule has 0 saturated carbocycles. The van der Waals surface area contributed by atoms with E-state index >= 15 is 0 Å². The van der Waals surface area contributed by atoms with Crippen molar-refractivity contribution in [2.24, 2.45) is 0 Å². The van der Waals surface area contributed by atoms with Crippen LogP contribution in [0.15, 0.2) is 47.6 Å². The molecule has 1 heterocycles. The van der Waals surface area contributed by atoms with Gasteiger partial charge in [-0.3, -0.25) is 20.0 Å². The average Bonchev–Trinajstić information content (AvgIpc) is 3.09. The Morgan fingerprint density at radius 1 is 1.19 bits per heavy atom. The third-order valence-corrected chi connectivity index (χ3v) is 4.89. The Morgan fingerprint density at radius 2 is 1.96 bits per heavy atom. The van der Waals surface area contributed by atoms with Crippen LogP contribution in [-0.2, 0) is 0 Å². The molecular formula is C16H10Cl2N4O3S. The smallest absolute Gasteiger partial charge is 0.270 e. The first-order valence-electron chi connectivity index (χ1n) is 7.23. The summed E-state index contributed by atoms with van der Waals surface area (Å²) < 4.78 is 0. The number of nitro groups is 1. The molecule has 10 heteroatoms. The zero-order chi connectivity index (χ0) is 18.7. The van der Waals surface area contributed by atoms with E-state index in [-0.39, 0.29) is 27.8 Å². The molecule has 0 aliphatic carbocycles. The van der Waals surface area contributed by atoms with Gasteiger partial charge < -0.3 is 0 Å². The molecule has 0 radical (unpaired) electrons. The molecule has 1 N–H and O–H groups in total. The Kier molecular flexibility index (Phi) is 5.55. The molecule has 132 valence electrons. The highest BCUT2D eigenvalue weighted by atomic mass is 35.5. The Labute approximate surface area is 161 Å². The van der Waals surface area contributed by atoms with Crippen LogP contribution in [-0.4, -0.2) is 31.6 Å². The van der Waals surface area contributed by atoms with Crippen LogP contribution in [0, 0.1) is 10.1 Å². The maximum atomic E-state index is 12.3. The molecule has 0 aliphatic heterocycles. The molecule has 0 spiro atoms. The normalized spacial score (nSPS) is 10.7. The number of aromatic nitrogens is 3. The van der Waals surface area contributed by atoms with Crippen LogP contribution in [0.1, 0.15) is 10.4 Å². The van der Waals surface area contributed by atoms with Crippen molar-refractivity contribution in [1.82, 2.24) is 15.2 Å². The van der Waals surface area contributed by atoms with Gasteiger partial charge in [0.25, 0.3) is 5.69 Å². The molecule has 0 bridgehead atoms. The highest BCUT2D eigenvalue weighted by molar-refractivity contribution is 7.99. The van der Waals surface area contributed by atoms with Gasteiger partial charge in [0.05, 0.1) is 20.7 Å². The van der Waals surface area contributed by atoms with Gasteiger partial charge in [-0.25, -0.2) is 4.98 Å².